The number of phenols is 1. The standard InChI is InChI=1S/C32H37N7O2S2/c1-7-21-12-13-23(16-25(21)40)39-29(17-27(37-39)32(4,5)42-6)34-31(41)33-18-22-10-8-9-11-26(22)43-24-14-15-28-35-36-30(20(2)3)38(28)19-24/h8-17,19-20,40H,7,18H2,1-6H3,(H2,33,34,41). The number of carbonyl (C=O) groups is 1. The molecule has 3 heterocycles. The molecule has 2 aromatic carbocycles. The molecule has 11 heteroatoms. The Hall–Kier alpha value is -3.96. The number of thioether (sulfide) groups is 1. The lowest BCUT2D eigenvalue weighted by Crippen LogP contribution is -2.29. The molecule has 0 bridgehead atoms. The van der Waals surface area contributed by atoms with Crippen molar-refractivity contribution in [3.05, 3.63) is 89.5 Å². The second-order valence-electron chi connectivity index (χ2n) is 11.0. The molecule has 224 valence electrons. The minimum absolute atomic E-state index is 0.203. The molecule has 0 saturated heterocycles. The van der Waals surface area contributed by atoms with Crippen LogP contribution in [-0.2, 0) is 17.7 Å². The first-order chi connectivity index (χ1) is 20.6. The monoisotopic (exact) mass is 615 g/mol. The third-order valence-electron chi connectivity index (χ3n) is 7.33. The predicted octanol–water partition coefficient (Wildman–Crippen LogP) is 7.38. The van der Waals surface area contributed by atoms with Gasteiger partial charge in [-0.3, -0.25) is 9.72 Å². The molecule has 3 N–H and O–H groups in total. The normalized spacial score (nSPS) is 11.8. The largest absolute Gasteiger partial charge is 0.508 e. The summed E-state index contributed by atoms with van der Waals surface area (Å²) in [5.41, 5.74) is 4.15. The number of rotatable bonds is 10. The maximum absolute atomic E-state index is 13.2. The first-order valence-electron chi connectivity index (χ1n) is 14.2. The average molecular weight is 616 g/mol. The number of fused-ring (bicyclic) bond motifs is 1. The maximum Gasteiger partial charge on any atom is 0.320 e. The van der Waals surface area contributed by atoms with E-state index in [9.17, 15) is 9.90 Å². The van der Waals surface area contributed by atoms with E-state index < -0.39 is 0 Å². The van der Waals surface area contributed by atoms with Gasteiger partial charge in [0, 0.05) is 40.6 Å². The molecule has 3 aromatic heterocycles. The summed E-state index contributed by atoms with van der Waals surface area (Å²) in [6.45, 7) is 10.7. The van der Waals surface area contributed by atoms with Gasteiger partial charge < -0.3 is 10.4 Å². The van der Waals surface area contributed by atoms with Crippen molar-refractivity contribution in [3.8, 4) is 11.4 Å². The molecule has 5 aromatic rings. The van der Waals surface area contributed by atoms with Gasteiger partial charge in [-0.15, -0.1) is 10.2 Å². The minimum atomic E-state index is -0.351. The van der Waals surface area contributed by atoms with Crippen LogP contribution >= 0.6 is 23.5 Å². The Morgan fingerprint density at radius 1 is 1.05 bits per heavy atom. The van der Waals surface area contributed by atoms with E-state index in [2.05, 4.69) is 60.8 Å². The summed E-state index contributed by atoms with van der Waals surface area (Å²) >= 11 is 3.31. The fourth-order valence-electron chi connectivity index (χ4n) is 4.60. The Labute approximate surface area is 260 Å². The molecular formula is C32H37N7O2S2. The number of benzene rings is 2. The van der Waals surface area contributed by atoms with Crippen LogP contribution in [0.25, 0.3) is 11.3 Å². The smallest absolute Gasteiger partial charge is 0.320 e. The second kappa shape index (κ2) is 12.7. The van der Waals surface area contributed by atoms with Gasteiger partial charge in [-0.25, -0.2) is 9.48 Å². The highest BCUT2D eigenvalue weighted by atomic mass is 32.2. The van der Waals surface area contributed by atoms with E-state index in [4.69, 9.17) is 5.10 Å². The summed E-state index contributed by atoms with van der Waals surface area (Å²) in [6.07, 6.45) is 4.81. The number of urea groups is 1. The molecule has 0 unspecified atom stereocenters. The molecule has 0 aliphatic rings. The van der Waals surface area contributed by atoms with Crippen molar-refractivity contribution in [2.45, 2.75) is 68.0 Å². The van der Waals surface area contributed by atoms with Crippen molar-refractivity contribution < 1.29 is 9.90 Å². The Morgan fingerprint density at radius 3 is 2.56 bits per heavy atom. The highest BCUT2D eigenvalue weighted by Crippen LogP contribution is 2.35. The van der Waals surface area contributed by atoms with E-state index in [0.29, 0.717) is 18.1 Å². The topological polar surface area (TPSA) is 109 Å². The molecule has 5 rings (SSSR count). The summed E-state index contributed by atoms with van der Waals surface area (Å²) < 4.78 is 3.43. The molecule has 0 fully saturated rings. The van der Waals surface area contributed by atoms with E-state index in [1.165, 1.54) is 0 Å². The third-order valence-corrected chi connectivity index (χ3v) is 9.66. The summed E-state index contributed by atoms with van der Waals surface area (Å²) in [4.78, 5) is 15.3. The number of amides is 2. The molecular weight excluding hydrogens is 579 g/mol. The van der Waals surface area contributed by atoms with Gasteiger partial charge in [-0.05, 0) is 61.9 Å². The number of aromatic hydroxyl groups is 1. The van der Waals surface area contributed by atoms with E-state index in [0.717, 1.165) is 44.5 Å². The Bertz CT molecular complexity index is 1760. The van der Waals surface area contributed by atoms with Crippen LogP contribution in [0.3, 0.4) is 0 Å². The summed E-state index contributed by atoms with van der Waals surface area (Å²) in [6, 6.07) is 19.0. The zero-order valence-corrected chi connectivity index (χ0v) is 26.9. The second-order valence-corrected chi connectivity index (χ2v) is 13.6. The number of aryl methyl sites for hydroxylation is 1. The van der Waals surface area contributed by atoms with Gasteiger partial charge in [-0.2, -0.15) is 16.9 Å². The van der Waals surface area contributed by atoms with Gasteiger partial charge in [0.05, 0.1) is 16.1 Å². The molecule has 2 amide bonds. The van der Waals surface area contributed by atoms with Gasteiger partial charge in [0.15, 0.2) is 5.65 Å². The highest BCUT2D eigenvalue weighted by Gasteiger charge is 2.25. The van der Waals surface area contributed by atoms with E-state index >= 15 is 0 Å². The van der Waals surface area contributed by atoms with Crippen LogP contribution in [0.2, 0.25) is 0 Å². The van der Waals surface area contributed by atoms with Crippen LogP contribution in [-0.4, -0.2) is 41.8 Å². The van der Waals surface area contributed by atoms with Gasteiger partial charge in [-0.1, -0.05) is 56.8 Å². The highest BCUT2D eigenvalue weighted by molar-refractivity contribution is 7.99. The maximum atomic E-state index is 13.2. The first-order valence-corrected chi connectivity index (χ1v) is 16.3. The van der Waals surface area contributed by atoms with E-state index in [1.807, 2.05) is 66.1 Å². The molecule has 0 aliphatic heterocycles. The molecule has 0 radical (unpaired) electrons. The average Bonchev–Trinajstić information content (AvgIpc) is 3.61. The Morgan fingerprint density at radius 2 is 1.84 bits per heavy atom. The van der Waals surface area contributed by atoms with Crippen LogP contribution in [0.5, 0.6) is 5.75 Å². The van der Waals surface area contributed by atoms with Crippen molar-refractivity contribution >= 4 is 41.0 Å². The Kier molecular flexibility index (Phi) is 9.03. The summed E-state index contributed by atoms with van der Waals surface area (Å²) in [7, 11) is 0. The molecule has 0 aliphatic carbocycles. The van der Waals surface area contributed by atoms with Gasteiger partial charge >= 0.3 is 6.03 Å². The van der Waals surface area contributed by atoms with Crippen molar-refractivity contribution in [1.29, 1.82) is 0 Å². The predicted molar refractivity (Wildman–Crippen MR) is 175 cm³/mol. The van der Waals surface area contributed by atoms with Crippen molar-refractivity contribution in [2.75, 3.05) is 11.6 Å². The summed E-state index contributed by atoms with van der Waals surface area (Å²) in [5.74, 6) is 1.90. The number of nitrogens with zero attached hydrogens (tertiary/aromatic N) is 5. The number of aromatic nitrogens is 5. The SMILES string of the molecule is CCc1ccc(-n2nc(C(C)(C)SC)cc2NC(=O)NCc2ccccc2Sc2ccc3nnc(C(C)C)n3c2)cc1O. The molecule has 0 saturated carbocycles. The lowest BCUT2D eigenvalue weighted by atomic mass is 10.1. The van der Waals surface area contributed by atoms with Crippen molar-refractivity contribution in [3.63, 3.8) is 0 Å². The fraction of sp³-hybridized carbons (Fsp3) is 0.312. The molecule has 43 heavy (non-hydrogen) atoms. The molecule has 0 spiro atoms. The number of phenolic OH excluding ortho intramolecular Hbond substituents is 1. The zero-order chi connectivity index (χ0) is 30.7. The van der Waals surface area contributed by atoms with Gasteiger partial charge in [0.2, 0.25) is 0 Å². The van der Waals surface area contributed by atoms with Crippen LogP contribution in [0.4, 0.5) is 10.6 Å². The third kappa shape index (κ3) is 6.67. The Balaban J connectivity index is 1.34. The quantitative estimate of drug-likeness (QED) is 0.150. The first kappa shape index (κ1) is 30.5. The zero-order valence-electron chi connectivity index (χ0n) is 25.3. The lowest BCUT2D eigenvalue weighted by molar-refractivity contribution is 0.251. The van der Waals surface area contributed by atoms with Crippen LogP contribution < -0.4 is 10.6 Å². The molecule has 9 nitrogen and oxygen atoms in total. The fourth-order valence-corrected chi connectivity index (χ4v) is 5.88. The van der Waals surface area contributed by atoms with E-state index in [-0.39, 0.29) is 22.4 Å². The number of nitrogens with one attached hydrogen (secondary N) is 2. The van der Waals surface area contributed by atoms with Crippen molar-refractivity contribution in [2.24, 2.45) is 0 Å². The number of pyridine rings is 1. The summed E-state index contributed by atoms with van der Waals surface area (Å²) in [5, 5.41) is 29.9. The van der Waals surface area contributed by atoms with Gasteiger partial charge in [0.1, 0.15) is 17.4 Å². The van der Waals surface area contributed by atoms with Gasteiger partial charge in [0.25, 0.3) is 0 Å². The minimum Gasteiger partial charge on any atom is -0.508 e. The van der Waals surface area contributed by atoms with Crippen LogP contribution in [0, 0.1) is 0 Å². The van der Waals surface area contributed by atoms with Crippen molar-refractivity contribution in [1.82, 2.24) is 29.7 Å². The number of anilines is 1. The lowest BCUT2D eigenvalue weighted by Gasteiger charge is -2.18. The van der Waals surface area contributed by atoms with Crippen LogP contribution in [0.15, 0.2) is 76.7 Å². The number of hydrogen-bond donors (Lipinski definition) is 3. The number of carbonyl (C=O) groups excluding carboxylic acids is 1. The van der Waals surface area contributed by atoms with Crippen LogP contribution in [0.1, 0.15) is 63.2 Å². The van der Waals surface area contributed by atoms with E-state index in [1.54, 1.807) is 34.3 Å². The molecule has 0 atom stereocenters. The number of hydrogen-bond acceptors (Lipinski definition) is 7.